The predicted octanol–water partition coefficient (Wildman–Crippen LogP) is 0.785. The Morgan fingerprint density at radius 2 is 2.14 bits per heavy atom. The molecule has 0 saturated carbocycles. The topological polar surface area (TPSA) is 26.7 Å². The van der Waals surface area contributed by atoms with Crippen LogP contribution in [0.1, 0.15) is 26.2 Å². The Bertz CT molecular complexity index is 173. The van der Waals surface area contributed by atoms with Gasteiger partial charge in [0.05, 0.1) is 12.1 Å². The zero-order valence-corrected chi connectivity index (χ0v) is 9.79. The van der Waals surface area contributed by atoms with Crippen molar-refractivity contribution in [2.24, 2.45) is 0 Å². The molecule has 14 heavy (non-hydrogen) atoms. The lowest BCUT2D eigenvalue weighted by Crippen LogP contribution is -2.49. The molecule has 1 fully saturated rings. The number of unbranched alkanes of at least 4 members (excludes halogenated alkanes) is 1. The van der Waals surface area contributed by atoms with Crippen LogP contribution in [0.25, 0.3) is 0 Å². The molecule has 0 spiro atoms. The van der Waals surface area contributed by atoms with Crippen LogP contribution in [0.3, 0.4) is 0 Å². The number of rotatable bonds is 5. The minimum Gasteiger partial charge on any atom is -0.394 e. The minimum absolute atomic E-state index is 0.0216. The van der Waals surface area contributed by atoms with Crippen LogP contribution < -0.4 is 0 Å². The van der Waals surface area contributed by atoms with Crippen molar-refractivity contribution in [2.75, 3.05) is 40.3 Å². The second-order valence-electron chi connectivity index (χ2n) is 4.66. The van der Waals surface area contributed by atoms with Crippen molar-refractivity contribution in [2.45, 2.75) is 31.7 Å². The molecule has 0 amide bonds. The van der Waals surface area contributed by atoms with Crippen molar-refractivity contribution in [3.05, 3.63) is 0 Å². The summed E-state index contributed by atoms with van der Waals surface area (Å²) in [5, 5.41) is 9.46. The van der Waals surface area contributed by atoms with Crippen LogP contribution >= 0.6 is 0 Å². The van der Waals surface area contributed by atoms with E-state index >= 15 is 0 Å². The zero-order valence-electron chi connectivity index (χ0n) is 9.79. The molecule has 0 aromatic rings. The predicted molar refractivity (Wildman–Crippen MR) is 59.5 cm³/mol. The molecule has 1 rings (SSSR count). The third kappa shape index (κ3) is 2.47. The first-order valence-corrected chi connectivity index (χ1v) is 5.65. The van der Waals surface area contributed by atoms with Crippen LogP contribution in [-0.2, 0) is 0 Å². The van der Waals surface area contributed by atoms with Gasteiger partial charge in [-0.05, 0) is 33.5 Å². The Labute approximate surface area is 87.7 Å². The lowest BCUT2D eigenvalue weighted by molar-refractivity contribution is 0.0743. The Hall–Kier alpha value is -0.120. The fourth-order valence-corrected chi connectivity index (χ4v) is 2.15. The zero-order chi connectivity index (χ0) is 10.6. The van der Waals surface area contributed by atoms with Crippen molar-refractivity contribution < 1.29 is 5.11 Å². The highest BCUT2D eigenvalue weighted by Gasteiger charge is 2.38. The summed E-state index contributed by atoms with van der Waals surface area (Å²) in [6.45, 7) is 5.85. The Balaban J connectivity index is 2.44. The lowest BCUT2D eigenvalue weighted by atomic mass is 9.99. The number of aliphatic hydroxyl groups is 1. The van der Waals surface area contributed by atoms with E-state index in [0.717, 1.165) is 19.5 Å². The van der Waals surface area contributed by atoms with Gasteiger partial charge >= 0.3 is 0 Å². The molecule has 1 unspecified atom stereocenters. The van der Waals surface area contributed by atoms with Gasteiger partial charge in [-0.1, -0.05) is 13.3 Å². The highest BCUT2D eigenvalue weighted by molar-refractivity contribution is 4.96. The van der Waals surface area contributed by atoms with E-state index < -0.39 is 0 Å². The van der Waals surface area contributed by atoms with Crippen molar-refractivity contribution >= 4 is 0 Å². The molecule has 3 nitrogen and oxygen atoms in total. The summed E-state index contributed by atoms with van der Waals surface area (Å²) in [6, 6.07) is 0. The number of likely N-dealkylation sites (tertiary alicyclic amines) is 1. The molecule has 0 aromatic carbocycles. The van der Waals surface area contributed by atoms with Gasteiger partial charge in [0.2, 0.25) is 0 Å². The molecule has 1 atom stereocenters. The molecule has 1 heterocycles. The second kappa shape index (κ2) is 5.10. The van der Waals surface area contributed by atoms with Gasteiger partial charge in [-0.25, -0.2) is 0 Å². The second-order valence-corrected chi connectivity index (χ2v) is 4.66. The largest absolute Gasteiger partial charge is 0.394 e. The Kier molecular flexibility index (Phi) is 4.35. The van der Waals surface area contributed by atoms with Gasteiger partial charge in [0.1, 0.15) is 0 Å². The maximum absolute atomic E-state index is 9.46. The summed E-state index contributed by atoms with van der Waals surface area (Å²) in [6.07, 6.45) is 3.62. The number of aliphatic hydroxyl groups excluding tert-OH is 1. The first-order valence-electron chi connectivity index (χ1n) is 5.65. The molecule has 1 aliphatic rings. The van der Waals surface area contributed by atoms with Crippen LogP contribution in [0.5, 0.6) is 0 Å². The first kappa shape index (κ1) is 12.0. The van der Waals surface area contributed by atoms with Crippen molar-refractivity contribution in [3.63, 3.8) is 0 Å². The molecular weight excluding hydrogens is 176 g/mol. The summed E-state index contributed by atoms with van der Waals surface area (Å²) in [4.78, 5) is 4.65. The van der Waals surface area contributed by atoms with E-state index in [1.165, 1.54) is 19.4 Å². The summed E-state index contributed by atoms with van der Waals surface area (Å²) < 4.78 is 0. The van der Waals surface area contributed by atoms with Crippen molar-refractivity contribution in [1.82, 2.24) is 9.80 Å². The molecule has 3 heteroatoms. The normalized spacial score (nSPS) is 28.9. The average molecular weight is 200 g/mol. The number of nitrogens with zero attached hydrogens (tertiary/aromatic N) is 2. The highest BCUT2D eigenvalue weighted by atomic mass is 16.3. The van der Waals surface area contributed by atoms with Crippen LogP contribution in [0.4, 0.5) is 0 Å². The molecule has 0 radical (unpaired) electrons. The average Bonchev–Trinajstić information content (AvgIpc) is 2.59. The third-order valence-corrected chi connectivity index (χ3v) is 3.48. The van der Waals surface area contributed by atoms with Crippen LogP contribution in [0, 0.1) is 0 Å². The number of hydrogen-bond acceptors (Lipinski definition) is 3. The van der Waals surface area contributed by atoms with Gasteiger partial charge in [0.25, 0.3) is 0 Å². The third-order valence-electron chi connectivity index (χ3n) is 3.48. The van der Waals surface area contributed by atoms with Crippen molar-refractivity contribution in [1.29, 1.82) is 0 Å². The Morgan fingerprint density at radius 1 is 1.43 bits per heavy atom. The van der Waals surface area contributed by atoms with E-state index in [1.807, 2.05) is 0 Å². The standard InChI is InChI=1S/C11H24N2O/c1-4-5-7-13-8-6-11(9-13,10-14)12(2)3/h14H,4-10H2,1-3H3. The molecule has 1 N–H and O–H groups in total. The summed E-state index contributed by atoms with van der Waals surface area (Å²) in [5.74, 6) is 0. The molecule has 84 valence electrons. The lowest BCUT2D eigenvalue weighted by Gasteiger charge is -2.34. The maximum atomic E-state index is 9.46. The van der Waals surface area contributed by atoms with Crippen LogP contribution in [0.2, 0.25) is 0 Å². The summed E-state index contributed by atoms with van der Waals surface area (Å²) >= 11 is 0. The summed E-state index contributed by atoms with van der Waals surface area (Å²) in [7, 11) is 4.14. The molecule has 0 bridgehead atoms. The van der Waals surface area contributed by atoms with Gasteiger partial charge in [0, 0.05) is 13.1 Å². The van der Waals surface area contributed by atoms with Gasteiger partial charge in [-0.2, -0.15) is 0 Å². The molecular formula is C11H24N2O. The fraction of sp³-hybridized carbons (Fsp3) is 1.00. The Morgan fingerprint density at radius 3 is 2.57 bits per heavy atom. The van der Waals surface area contributed by atoms with Gasteiger partial charge < -0.3 is 14.9 Å². The van der Waals surface area contributed by atoms with Crippen LogP contribution in [-0.4, -0.2) is 60.8 Å². The SMILES string of the molecule is CCCCN1CCC(CO)(N(C)C)C1. The molecule has 1 aliphatic heterocycles. The summed E-state index contributed by atoms with van der Waals surface area (Å²) in [5.41, 5.74) is 0.0216. The highest BCUT2D eigenvalue weighted by Crippen LogP contribution is 2.25. The minimum atomic E-state index is 0.0216. The molecule has 0 aromatic heterocycles. The maximum Gasteiger partial charge on any atom is 0.0628 e. The van der Waals surface area contributed by atoms with E-state index in [9.17, 15) is 5.11 Å². The first-order chi connectivity index (χ1) is 6.64. The van der Waals surface area contributed by atoms with Crippen LogP contribution in [0.15, 0.2) is 0 Å². The quantitative estimate of drug-likeness (QED) is 0.710. The van der Waals surface area contributed by atoms with E-state index in [1.54, 1.807) is 0 Å². The molecule has 0 aliphatic carbocycles. The fourth-order valence-electron chi connectivity index (χ4n) is 2.15. The molecule has 1 saturated heterocycles. The van der Waals surface area contributed by atoms with E-state index in [2.05, 4.69) is 30.8 Å². The van der Waals surface area contributed by atoms with E-state index in [4.69, 9.17) is 0 Å². The monoisotopic (exact) mass is 200 g/mol. The van der Waals surface area contributed by atoms with Gasteiger partial charge in [0.15, 0.2) is 0 Å². The van der Waals surface area contributed by atoms with Crippen molar-refractivity contribution in [3.8, 4) is 0 Å². The van der Waals surface area contributed by atoms with Gasteiger partial charge in [-0.15, -0.1) is 0 Å². The smallest absolute Gasteiger partial charge is 0.0628 e. The van der Waals surface area contributed by atoms with E-state index in [-0.39, 0.29) is 12.1 Å². The number of hydrogen-bond donors (Lipinski definition) is 1. The van der Waals surface area contributed by atoms with E-state index in [0.29, 0.717) is 0 Å². The van der Waals surface area contributed by atoms with Gasteiger partial charge in [-0.3, -0.25) is 0 Å². The number of likely N-dealkylation sites (N-methyl/N-ethyl adjacent to an activating group) is 1.